The standard InChI is InChI=1S/C45H57N9O10S2/c1-65-18-16-33(51-41(60)31(46)20-27-12-14-29(55)15-13-27)42(61)49-25-38(56)50-36(22-28-24-48-32-11-7-6-10-30(28)32)44(63)52-34(17-19-66-2)43(62)54-37(23-39(57)58)45(64)53-35(40(47)59)21-26-8-4-3-5-9-26/h3-15,24,31,33-37,48,55H,16-23,25,46H2,1-2H3,(H2,47,59)(H,49,61)(H,50,56)(H,51,60)(H,52,63)(H,53,64)(H,54,62)(H,57,58). The van der Waals surface area contributed by atoms with Crippen LogP contribution in [-0.4, -0.2) is 129 Å². The molecular formula is C45H57N9O10S2. The number of nitrogens with two attached hydrogens (primary N) is 2. The minimum atomic E-state index is -1.67. The number of para-hydroxylation sites is 1. The lowest BCUT2D eigenvalue weighted by Crippen LogP contribution is -2.59. The van der Waals surface area contributed by atoms with E-state index in [9.17, 15) is 48.6 Å². The van der Waals surface area contributed by atoms with Gasteiger partial charge in [-0.25, -0.2) is 0 Å². The number of hydrogen-bond donors (Lipinski definition) is 11. The number of H-pyrrole nitrogens is 1. The van der Waals surface area contributed by atoms with Crippen molar-refractivity contribution >= 4 is 81.7 Å². The Hall–Kier alpha value is -6.58. The van der Waals surface area contributed by atoms with Gasteiger partial charge in [-0.1, -0.05) is 60.7 Å². The number of nitrogens with one attached hydrogen (secondary N) is 7. The average Bonchev–Trinajstić information content (AvgIpc) is 3.70. The summed E-state index contributed by atoms with van der Waals surface area (Å²) in [7, 11) is 0. The molecule has 0 fully saturated rings. The van der Waals surface area contributed by atoms with E-state index in [4.69, 9.17) is 11.5 Å². The van der Waals surface area contributed by atoms with Crippen LogP contribution in [0.3, 0.4) is 0 Å². The first-order chi connectivity index (χ1) is 31.6. The summed E-state index contributed by atoms with van der Waals surface area (Å²) in [4.78, 5) is 109. The number of phenolic OH excluding ortho intramolecular Hbond substituents is 1. The summed E-state index contributed by atoms with van der Waals surface area (Å²) in [5, 5.41) is 35.4. The molecule has 21 heteroatoms. The number of carbonyl (C=O) groups excluding carboxylic acids is 7. The Morgan fingerprint density at radius 1 is 0.621 bits per heavy atom. The maximum absolute atomic E-state index is 14.2. The number of aromatic hydroxyl groups is 1. The number of carbonyl (C=O) groups is 8. The van der Waals surface area contributed by atoms with Crippen molar-refractivity contribution in [3.63, 3.8) is 0 Å². The van der Waals surface area contributed by atoms with Gasteiger partial charge in [-0.05, 0) is 78.2 Å². The molecule has 0 aliphatic heterocycles. The number of primary amides is 1. The molecule has 1 heterocycles. The van der Waals surface area contributed by atoms with Crippen molar-refractivity contribution in [1.29, 1.82) is 0 Å². The van der Waals surface area contributed by atoms with Crippen LogP contribution >= 0.6 is 23.5 Å². The molecule has 0 saturated heterocycles. The highest BCUT2D eigenvalue weighted by Gasteiger charge is 2.33. The highest BCUT2D eigenvalue weighted by atomic mass is 32.2. The minimum Gasteiger partial charge on any atom is -0.508 e. The Morgan fingerprint density at radius 2 is 1.17 bits per heavy atom. The molecule has 0 spiro atoms. The number of rotatable bonds is 27. The van der Waals surface area contributed by atoms with Crippen molar-refractivity contribution in [3.8, 4) is 5.75 Å². The number of carboxylic acid groups (broad SMARTS) is 1. The van der Waals surface area contributed by atoms with Crippen molar-refractivity contribution in [2.75, 3.05) is 30.6 Å². The predicted molar refractivity (Wildman–Crippen MR) is 252 cm³/mol. The van der Waals surface area contributed by atoms with Crippen LogP contribution in [0, 0.1) is 0 Å². The van der Waals surface area contributed by atoms with E-state index in [0.717, 1.165) is 10.9 Å². The number of thioether (sulfide) groups is 2. The molecule has 354 valence electrons. The molecule has 3 aromatic carbocycles. The lowest BCUT2D eigenvalue weighted by Gasteiger charge is -2.26. The van der Waals surface area contributed by atoms with E-state index in [2.05, 4.69) is 36.9 Å². The number of amides is 7. The predicted octanol–water partition coefficient (Wildman–Crippen LogP) is 0.235. The smallest absolute Gasteiger partial charge is 0.305 e. The normalized spacial score (nSPS) is 13.7. The second kappa shape index (κ2) is 26.4. The maximum Gasteiger partial charge on any atom is 0.305 e. The molecule has 0 aliphatic carbocycles. The molecule has 6 atom stereocenters. The van der Waals surface area contributed by atoms with Crippen molar-refractivity contribution in [2.45, 2.75) is 74.8 Å². The Morgan fingerprint density at radius 3 is 1.80 bits per heavy atom. The van der Waals surface area contributed by atoms with Gasteiger partial charge in [-0.3, -0.25) is 38.4 Å². The molecule has 0 aliphatic rings. The van der Waals surface area contributed by atoms with E-state index in [1.54, 1.807) is 61.0 Å². The van der Waals surface area contributed by atoms with Gasteiger partial charge >= 0.3 is 5.97 Å². The summed E-state index contributed by atoms with van der Waals surface area (Å²) in [6.45, 7) is -0.597. The van der Waals surface area contributed by atoms with E-state index in [0.29, 0.717) is 28.2 Å². The molecule has 66 heavy (non-hydrogen) atoms. The van der Waals surface area contributed by atoms with Crippen molar-refractivity contribution in [2.24, 2.45) is 11.5 Å². The van der Waals surface area contributed by atoms with Gasteiger partial charge in [0.2, 0.25) is 41.4 Å². The maximum atomic E-state index is 14.2. The molecule has 1 aromatic heterocycles. The third-order valence-electron chi connectivity index (χ3n) is 10.3. The molecule has 19 nitrogen and oxygen atoms in total. The molecular weight excluding hydrogens is 891 g/mol. The quantitative estimate of drug-likeness (QED) is 0.0382. The third kappa shape index (κ3) is 16.8. The average molecular weight is 948 g/mol. The molecule has 13 N–H and O–H groups in total. The van der Waals surface area contributed by atoms with Crippen molar-refractivity contribution in [3.05, 3.63) is 102 Å². The monoisotopic (exact) mass is 947 g/mol. The first-order valence-corrected chi connectivity index (χ1v) is 23.8. The molecule has 7 amide bonds. The van der Waals surface area contributed by atoms with E-state index in [1.165, 1.54) is 35.7 Å². The third-order valence-corrected chi connectivity index (χ3v) is 11.6. The SMILES string of the molecule is CSCCC(NC(=O)C(N)Cc1ccc(O)cc1)C(=O)NCC(=O)NC(Cc1c[nH]c2ccccc12)C(=O)NC(CCSC)C(=O)NC(CC(=O)O)C(=O)NC(Cc1ccccc1)C(N)=O. The van der Waals surface area contributed by atoms with Gasteiger partial charge < -0.3 is 58.6 Å². The number of fused-ring (bicyclic) bond motifs is 1. The summed E-state index contributed by atoms with van der Waals surface area (Å²) in [6, 6.07) is 14.5. The van der Waals surface area contributed by atoms with Crippen LogP contribution in [0.1, 0.15) is 36.0 Å². The van der Waals surface area contributed by atoms with Gasteiger partial charge in [0.25, 0.3) is 0 Å². The summed E-state index contributed by atoms with van der Waals surface area (Å²) in [5.74, 6) is -6.16. The van der Waals surface area contributed by atoms with E-state index in [-0.39, 0.29) is 37.9 Å². The first-order valence-electron chi connectivity index (χ1n) is 21.0. The highest BCUT2D eigenvalue weighted by Crippen LogP contribution is 2.20. The van der Waals surface area contributed by atoms with E-state index >= 15 is 0 Å². The van der Waals surface area contributed by atoms with Crippen molar-refractivity contribution in [1.82, 2.24) is 36.9 Å². The van der Waals surface area contributed by atoms with Crippen molar-refractivity contribution < 1.29 is 48.6 Å². The first kappa shape index (κ1) is 52.0. The minimum absolute atomic E-state index is 0.00214. The van der Waals surface area contributed by atoms with E-state index in [1.807, 2.05) is 24.5 Å². The fraction of sp³-hybridized carbons (Fsp3) is 0.378. The Balaban J connectivity index is 1.49. The van der Waals surface area contributed by atoms with E-state index < -0.39 is 96.5 Å². The fourth-order valence-electron chi connectivity index (χ4n) is 6.81. The van der Waals surface area contributed by atoms with Gasteiger partial charge in [0, 0.05) is 29.9 Å². The second-order valence-electron chi connectivity index (χ2n) is 15.4. The van der Waals surface area contributed by atoms with Crippen LogP contribution < -0.4 is 43.4 Å². The van der Waals surface area contributed by atoms with Gasteiger partial charge in [0.1, 0.15) is 36.0 Å². The van der Waals surface area contributed by atoms with Crippen LogP contribution in [0.4, 0.5) is 0 Å². The molecule has 4 aromatic rings. The lowest BCUT2D eigenvalue weighted by atomic mass is 10.0. The number of aliphatic carboxylic acids is 1. The number of aromatic nitrogens is 1. The highest BCUT2D eigenvalue weighted by molar-refractivity contribution is 7.98. The molecule has 4 rings (SSSR count). The molecule has 6 unspecified atom stereocenters. The summed E-state index contributed by atoms with van der Waals surface area (Å²) >= 11 is 2.80. The van der Waals surface area contributed by atoms with Crippen LogP contribution in [0.25, 0.3) is 10.9 Å². The number of phenols is 1. The molecule has 0 radical (unpaired) electrons. The largest absolute Gasteiger partial charge is 0.508 e. The van der Waals surface area contributed by atoms with Crippen LogP contribution in [-0.2, 0) is 57.6 Å². The zero-order valence-corrected chi connectivity index (χ0v) is 38.2. The zero-order valence-electron chi connectivity index (χ0n) is 36.5. The summed E-state index contributed by atoms with van der Waals surface area (Å²) < 4.78 is 0. The van der Waals surface area contributed by atoms with Gasteiger partial charge in [-0.2, -0.15) is 23.5 Å². The van der Waals surface area contributed by atoms with Gasteiger partial charge in [0.15, 0.2) is 0 Å². The molecule has 0 bridgehead atoms. The second-order valence-corrected chi connectivity index (χ2v) is 17.3. The lowest BCUT2D eigenvalue weighted by molar-refractivity contribution is -0.141. The summed E-state index contributed by atoms with van der Waals surface area (Å²) in [6.07, 6.45) is 4.72. The summed E-state index contributed by atoms with van der Waals surface area (Å²) in [5.41, 5.74) is 14.5. The van der Waals surface area contributed by atoms with Crippen LogP contribution in [0.5, 0.6) is 5.75 Å². The fourth-order valence-corrected chi connectivity index (χ4v) is 7.75. The number of benzene rings is 3. The number of carboxylic acids is 1. The number of aromatic amines is 1. The van der Waals surface area contributed by atoms with Crippen LogP contribution in [0.15, 0.2) is 85.1 Å². The number of hydrogen-bond acceptors (Lipinski definition) is 12. The van der Waals surface area contributed by atoms with Gasteiger partial charge in [0.05, 0.1) is 19.0 Å². The topological polar surface area (TPSA) is 317 Å². The zero-order chi connectivity index (χ0) is 48.2. The molecule has 0 saturated carbocycles. The Bertz CT molecular complexity index is 2300. The Kier molecular flexibility index (Phi) is 20.8. The van der Waals surface area contributed by atoms with Gasteiger partial charge in [-0.15, -0.1) is 0 Å². The van der Waals surface area contributed by atoms with Crippen LogP contribution in [0.2, 0.25) is 0 Å². The Labute approximate surface area is 390 Å².